The molecule has 7 heteroatoms. The molecule has 0 aromatic heterocycles. The summed E-state index contributed by atoms with van der Waals surface area (Å²) in [5, 5.41) is 2.74. The van der Waals surface area contributed by atoms with Crippen LogP contribution in [0.3, 0.4) is 0 Å². The molecule has 1 atom stereocenters. The number of carbonyl (C=O) groups is 1. The molecule has 1 amide bonds. The van der Waals surface area contributed by atoms with Gasteiger partial charge in [-0.3, -0.25) is 4.79 Å². The number of nitrogens with one attached hydrogen (secondary N) is 1. The average Bonchev–Trinajstić information content (AvgIpc) is 2.35. The molecule has 0 saturated carbocycles. The smallest absolute Gasteiger partial charge is 0.261 e. The minimum Gasteiger partial charge on any atom is -0.380 e. The van der Waals surface area contributed by atoms with E-state index in [0.29, 0.717) is 18.8 Å². The molecule has 0 fully saturated rings. The van der Waals surface area contributed by atoms with E-state index >= 15 is 0 Å². The van der Waals surface area contributed by atoms with Crippen LogP contribution in [0.25, 0.3) is 0 Å². The fraction of sp³-hybridized carbons (Fsp3) is 0.417. The van der Waals surface area contributed by atoms with E-state index in [0.717, 1.165) is 0 Å². The van der Waals surface area contributed by atoms with Crippen molar-refractivity contribution >= 4 is 25.6 Å². The van der Waals surface area contributed by atoms with E-state index in [2.05, 4.69) is 5.32 Å². The molecular weight excluding hydrogens is 290 g/mol. The first-order valence-corrected chi connectivity index (χ1v) is 8.09. The van der Waals surface area contributed by atoms with Gasteiger partial charge in [0.05, 0.1) is 11.5 Å². The highest BCUT2D eigenvalue weighted by atomic mass is 35.7. The van der Waals surface area contributed by atoms with Crippen molar-refractivity contribution in [1.29, 1.82) is 0 Å². The second-order valence-electron chi connectivity index (χ2n) is 4.00. The molecule has 1 aromatic carbocycles. The molecule has 0 aliphatic heterocycles. The molecule has 0 radical (unpaired) electrons. The lowest BCUT2D eigenvalue weighted by molar-refractivity contribution is 0.0872. The Bertz CT molecular complexity index is 527. The first-order valence-electron chi connectivity index (χ1n) is 5.78. The van der Waals surface area contributed by atoms with Crippen LogP contribution in [0.15, 0.2) is 29.2 Å². The van der Waals surface area contributed by atoms with Crippen LogP contribution in [-0.2, 0) is 13.8 Å². The van der Waals surface area contributed by atoms with Gasteiger partial charge in [-0.2, -0.15) is 0 Å². The molecule has 1 unspecified atom stereocenters. The molecule has 5 nitrogen and oxygen atoms in total. The number of carbonyl (C=O) groups excluding carboxylic acids is 1. The highest BCUT2D eigenvalue weighted by Crippen LogP contribution is 2.15. The van der Waals surface area contributed by atoms with Crippen molar-refractivity contribution in [2.24, 2.45) is 0 Å². The second-order valence-corrected chi connectivity index (χ2v) is 6.56. The molecule has 0 heterocycles. The zero-order chi connectivity index (χ0) is 14.5. The van der Waals surface area contributed by atoms with Crippen molar-refractivity contribution in [2.45, 2.75) is 24.8 Å². The molecule has 0 spiro atoms. The second kappa shape index (κ2) is 6.88. The van der Waals surface area contributed by atoms with Crippen molar-refractivity contribution in [3.05, 3.63) is 29.8 Å². The third-order valence-electron chi connectivity index (χ3n) is 2.35. The van der Waals surface area contributed by atoms with Gasteiger partial charge in [0.2, 0.25) is 0 Å². The predicted molar refractivity (Wildman–Crippen MR) is 72.9 cm³/mol. The Hall–Kier alpha value is -1.11. The maximum atomic E-state index is 11.8. The lowest BCUT2D eigenvalue weighted by Gasteiger charge is -2.13. The summed E-state index contributed by atoms with van der Waals surface area (Å²) in [7, 11) is 1.43. The van der Waals surface area contributed by atoms with Gasteiger partial charge in [-0.15, -0.1) is 0 Å². The molecule has 0 aliphatic rings. The van der Waals surface area contributed by atoms with E-state index < -0.39 is 9.05 Å². The topological polar surface area (TPSA) is 72.5 Å². The highest BCUT2D eigenvalue weighted by Gasteiger charge is 2.13. The Morgan fingerprint density at radius 1 is 1.37 bits per heavy atom. The van der Waals surface area contributed by atoms with Gasteiger partial charge >= 0.3 is 0 Å². The lowest BCUT2D eigenvalue weighted by Crippen LogP contribution is -2.35. The van der Waals surface area contributed by atoms with Crippen LogP contribution in [0.4, 0.5) is 0 Å². The van der Waals surface area contributed by atoms with Crippen LogP contribution in [-0.4, -0.2) is 33.6 Å². The minimum atomic E-state index is -3.76. The monoisotopic (exact) mass is 305 g/mol. The molecule has 1 aromatic rings. The molecular formula is C12H16ClNO4S. The summed E-state index contributed by atoms with van der Waals surface area (Å²) in [5.41, 5.74) is 0.368. The summed E-state index contributed by atoms with van der Waals surface area (Å²) in [4.78, 5) is 11.8. The number of benzene rings is 1. The van der Waals surface area contributed by atoms with Gasteiger partial charge in [-0.05, 0) is 38.1 Å². The van der Waals surface area contributed by atoms with Crippen LogP contribution in [0.5, 0.6) is 0 Å². The third kappa shape index (κ3) is 5.18. The molecule has 106 valence electrons. The zero-order valence-electron chi connectivity index (χ0n) is 10.7. The summed E-state index contributed by atoms with van der Waals surface area (Å²) >= 11 is 0. The first-order chi connectivity index (χ1) is 8.84. The van der Waals surface area contributed by atoms with Gasteiger partial charge in [0.15, 0.2) is 0 Å². The number of hydrogen-bond acceptors (Lipinski definition) is 4. The number of hydrogen-bond donors (Lipinski definition) is 1. The summed E-state index contributed by atoms with van der Waals surface area (Å²) in [6.45, 7) is 4.71. The largest absolute Gasteiger partial charge is 0.380 e. The Morgan fingerprint density at radius 3 is 2.42 bits per heavy atom. The molecule has 1 rings (SSSR count). The van der Waals surface area contributed by atoms with E-state index in [1.54, 1.807) is 0 Å². The number of rotatable bonds is 6. The molecule has 19 heavy (non-hydrogen) atoms. The Balaban J connectivity index is 2.68. The number of amides is 1. The van der Waals surface area contributed by atoms with E-state index in [9.17, 15) is 13.2 Å². The fourth-order valence-electron chi connectivity index (χ4n) is 1.41. The van der Waals surface area contributed by atoms with Crippen LogP contribution in [0.2, 0.25) is 0 Å². The SMILES string of the molecule is CCOCC(C)NC(=O)c1ccc(S(=O)(=O)Cl)cc1. The van der Waals surface area contributed by atoms with E-state index in [1.165, 1.54) is 24.3 Å². The fourth-order valence-corrected chi connectivity index (χ4v) is 2.18. The Kier molecular flexibility index (Phi) is 5.78. The van der Waals surface area contributed by atoms with Crippen molar-refractivity contribution in [2.75, 3.05) is 13.2 Å². The molecule has 1 N–H and O–H groups in total. The zero-order valence-corrected chi connectivity index (χ0v) is 12.3. The van der Waals surface area contributed by atoms with Gasteiger partial charge in [-0.25, -0.2) is 8.42 Å². The number of ether oxygens (including phenoxy) is 1. The van der Waals surface area contributed by atoms with Gasteiger partial charge in [-0.1, -0.05) is 0 Å². The molecule has 0 bridgehead atoms. The number of halogens is 1. The lowest BCUT2D eigenvalue weighted by atomic mass is 10.2. The molecule has 0 aliphatic carbocycles. The van der Waals surface area contributed by atoms with Crippen LogP contribution >= 0.6 is 10.7 Å². The van der Waals surface area contributed by atoms with Crippen molar-refractivity contribution < 1.29 is 17.9 Å². The standard InChI is InChI=1S/C12H16ClNO4S/c1-3-18-8-9(2)14-12(15)10-4-6-11(7-5-10)19(13,16)17/h4-7,9H,3,8H2,1-2H3,(H,14,15). The normalized spacial score (nSPS) is 13.0. The predicted octanol–water partition coefficient (Wildman–Crippen LogP) is 1.77. The van der Waals surface area contributed by atoms with Crippen LogP contribution in [0, 0.1) is 0 Å². The Morgan fingerprint density at radius 2 is 1.95 bits per heavy atom. The van der Waals surface area contributed by atoms with Crippen molar-refractivity contribution in [3.63, 3.8) is 0 Å². The quantitative estimate of drug-likeness (QED) is 0.813. The first kappa shape index (κ1) is 15.9. The highest BCUT2D eigenvalue weighted by molar-refractivity contribution is 8.13. The summed E-state index contributed by atoms with van der Waals surface area (Å²) < 4.78 is 27.3. The van der Waals surface area contributed by atoms with Crippen LogP contribution < -0.4 is 5.32 Å². The van der Waals surface area contributed by atoms with Crippen molar-refractivity contribution in [3.8, 4) is 0 Å². The summed E-state index contributed by atoms with van der Waals surface area (Å²) in [6, 6.07) is 5.30. The Labute approximate surface area is 117 Å². The van der Waals surface area contributed by atoms with Gasteiger partial charge < -0.3 is 10.1 Å². The summed E-state index contributed by atoms with van der Waals surface area (Å²) in [6.07, 6.45) is 0. The van der Waals surface area contributed by atoms with E-state index in [-0.39, 0.29) is 16.8 Å². The van der Waals surface area contributed by atoms with E-state index in [4.69, 9.17) is 15.4 Å². The summed E-state index contributed by atoms with van der Waals surface area (Å²) in [5.74, 6) is -0.286. The molecule has 0 saturated heterocycles. The maximum Gasteiger partial charge on any atom is 0.261 e. The average molecular weight is 306 g/mol. The van der Waals surface area contributed by atoms with E-state index in [1.807, 2.05) is 13.8 Å². The van der Waals surface area contributed by atoms with Gasteiger partial charge in [0.25, 0.3) is 15.0 Å². The van der Waals surface area contributed by atoms with Gasteiger partial charge in [0.1, 0.15) is 0 Å². The maximum absolute atomic E-state index is 11.8. The van der Waals surface area contributed by atoms with Gasteiger partial charge in [0, 0.05) is 28.9 Å². The van der Waals surface area contributed by atoms with Crippen LogP contribution in [0.1, 0.15) is 24.2 Å². The third-order valence-corrected chi connectivity index (χ3v) is 3.72. The minimum absolute atomic E-state index is 0.0342. The van der Waals surface area contributed by atoms with Crippen molar-refractivity contribution in [1.82, 2.24) is 5.32 Å².